The van der Waals surface area contributed by atoms with Gasteiger partial charge in [0.05, 0.1) is 17.8 Å². The predicted molar refractivity (Wildman–Crippen MR) is 101 cm³/mol. The van der Waals surface area contributed by atoms with Crippen LogP contribution in [0.25, 0.3) is 0 Å². The SMILES string of the molecule is C#CCOC1CCC(n2cc(NC(=O)c3c(F)cccc3F)c(C(N)=O)n2)CC1. The summed E-state index contributed by atoms with van der Waals surface area (Å²) in [6.45, 7) is 0.256. The molecule has 1 heterocycles. The average Bonchev–Trinajstić information content (AvgIpc) is 3.10. The summed E-state index contributed by atoms with van der Waals surface area (Å²) in [5, 5.41) is 6.51. The second-order valence-electron chi connectivity index (χ2n) is 6.73. The lowest BCUT2D eigenvalue weighted by atomic mass is 9.93. The zero-order valence-electron chi connectivity index (χ0n) is 15.5. The molecule has 1 saturated carbocycles. The summed E-state index contributed by atoms with van der Waals surface area (Å²) < 4.78 is 34.8. The standard InChI is InChI=1S/C20H20F2N4O3/c1-2-10-29-13-8-6-12(7-9-13)26-11-16(18(25-26)19(23)27)24-20(28)17-14(21)4-3-5-15(17)22/h1,3-5,11-13H,6-10H2,(H2,23,27)(H,24,28). The van der Waals surface area contributed by atoms with Crippen LogP contribution in [0.15, 0.2) is 24.4 Å². The maximum atomic E-state index is 13.8. The number of amides is 2. The molecule has 7 nitrogen and oxygen atoms in total. The zero-order chi connectivity index (χ0) is 21.0. The fourth-order valence-corrected chi connectivity index (χ4v) is 3.39. The number of hydrogen-bond donors (Lipinski definition) is 2. The molecule has 0 spiro atoms. The summed E-state index contributed by atoms with van der Waals surface area (Å²) in [6.07, 6.45) is 9.69. The van der Waals surface area contributed by atoms with Crippen LogP contribution in [0.3, 0.4) is 0 Å². The molecule has 1 aromatic carbocycles. The first-order chi connectivity index (χ1) is 13.9. The van der Waals surface area contributed by atoms with E-state index in [0.717, 1.165) is 43.9 Å². The Bertz CT molecular complexity index is 939. The lowest BCUT2D eigenvalue weighted by Gasteiger charge is -2.28. The molecule has 0 radical (unpaired) electrons. The number of terminal acetylenes is 1. The third-order valence-corrected chi connectivity index (χ3v) is 4.82. The van der Waals surface area contributed by atoms with E-state index in [4.69, 9.17) is 16.9 Å². The van der Waals surface area contributed by atoms with E-state index in [9.17, 15) is 18.4 Å². The highest BCUT2D eigenvalue weighted by atomic mass is 19.1. The number of anilines is 1. The molecule has 0 aliphatic heterocycles. The van der Waals surface area contributed by atoms with E-state index in [1.54, 1.807) is 4.68 Å². The number of nitrogens with one attached hydrogen (secondary N) is 1. The molecular weight excluding hydrogens is 382 g/mol. The fourth-order valence-electron chi connectivity index (χ4n) is 3.39. The van der Waals surface area contributed by atoms with Gasteiger partial charge in [0.1, 0.15) is 23.8 Å². The van der Waals surface area contributed by atoms with Crippen LogP contribution < -0.4 is 11.1 Å². The van der Waals surface area contributed by atoms with E-state index in [1.807, 2.05) is 0 Å². The number of ether oxygens (including phenoxy) is 1. The van der Waals surface area contributed by atoms with Crippen molar-refractivity contribution in [2.75, 3.05) is 11.9 Å². The Morgan fingerprint density at radius 3 is 2.52 bits per heavy atom. The van der Waals surface area contributed by atoms with Gasteiger partial charge in [0.2, 0.25) is 0 Å². The second-order valence-corrected chi connectivity index (χ2v) is 6.73. The Morgan fingerprint density at radius 2 is 1.93 bits per heavy atom. The van der Waals surface area contributed by atoms with E-state index in [0.29, 0.717) is 0 Å². The Hall–Kier alpha value is -3.25. The minimum absolute atomic E-state index is 0.00383. The molecule has 0 unspecified atom stereocenters. The Kier molecular flexibility index (Phi) is 6.24. The number of carbonyl (C=O) groups is 2. The third kappa shape index (κ3) is 4.60. The predicted octanol–water partition coefficient (Wildman–Crippen LogP) is 2.65. The molecule has 152 valence electrons. The number of nitrogens with two attached hydrogens (primary N) is 1. The number of aromatic nitrogens is 2. The van der Waals surface area contributed by atoms with Crippen molar-refractivity contribution in [3.05, 3.63) is 47.3 Å². The van der Waals surface area contributed by atoms with Gasteiger partial charge in [-0.15, -0.1) is 6.42 Å². The molecule has 1 aromatic heterocycles. The lowest BCUT2D eigenvalue weighted by molar-refractivity contribution is 0.0376. The van der Waals surface area contributed by atoms with Crippen molar-refractivity contribution in [1.29, 1.82) is 0 Å². The van der Waals surface area contributed by atoms with Crippen LogP contribution in [-0.4, -0.2) is 34.3 Å². The van der Waals surface area contributed by atoms with Crippen LogP contribution in [0, 0.1) is 24.0 Å². The van der Waals surface area contributed by atoms with E-state index >= 15 is 0 Å². The number of rotatable bonds is 6. The topological polar surface area (TPSA) is 99.2 Å². The van der Waals surface area contributed by atoms with Crippen molar-refractivity contribution in [2.45, 2.75) is 37.8 Å². The van der Waals surface area contributed by atoms with Gasteiger partial charge < -0.3 is 15.8 Å². The highest BCUT2D eigenvalue weighted by Gasteiger charge is 2.27. The van der Waals surface area contributed by atoms with Gasteiger partial charge >= 0.3 is 0 Å². The van der Waals surface area contributed by atoms with Gasteiger partial charge in [-0.05, 0) is 37.8 Å². The smallest absolute Gasteiger partial charge is 0.271 e. The van der Waals surface area contributed by atoms with Gasteiger partial charge in [-0.2, -0.15) is 5.10 Å². The van der Waals surface area contributed by atoms with Crippen molar-refractivity contribution >= 4 is 17.5 Å². The molecule has 0 bridgehead atoms. The number of halogens is 2. The normalized spacial score (nSPS) is 18.8. The number of nitrogens with zero attached hydrogens (tertiary/aromatic N) is 2. The average molecular weight is 402 g/mol. The van der Waals surface area contributed by atoms with Crippen LogP contribution in [-0.2, 0) is 4.74 Å². The summed E-state index contributed by atoms with van der Waals surface area (Å²) >= 11 is 0. The van der Waals surface area contributed by atoms with Crippen molar-refractivity contribution in [1.82, 2.24) is 9.78 Å². The number of carbonyl (C=O) groups excluding carboxylic acids is 2. The first kappa shape index (κ1) is 20.5. The first-order valence-corrected chi connectivity index (χ1v) is 9.10. The summed E-state index contributed by atoms with van der Waals surface area (Å²) in [7, 11) is 0. The van der Waals surface area contributed by atoms with E-state index in [-0.39, 0.29) is 30.1 Å². The molecule has 0 atom stereocenters. The summed E-state index contributed by atoms with van der Waals surface area (Å²) in [5.74, 6) is -1.49. The third-order valence-electron chi connectivity index (χ3n) is 4.82. The molecule has 1 aliphatic rings. The Morgan fingerprint density at radius 1 is 1.28 bits per heavy atom. The highest BCUT2D eigenvalue weighted by molar-refractivity contribution is 6.08. The van der Waals surface area contributed by atoms with Crippen LogP contribution in [0.1, 0.15) is 52.6 Å². The van der Waals surface area contributed by atoms with Crippen LogP contribution >= 0.6 is 0 Å². The molecule has 29 heavy (non-hydrogen) atoms. The maximum Gasteiger partial charge on any atom is 0.271 e. The summed E-state index contributed by atoms with van der Waals surface area (Å²) in [5.41, 5.74) is 4.42. The Balaban J connectivity index is 1.77. The zero-order valence-corrected chi connectivity index (χ0v) is 15.5. The minimum Gasteiger partial charge on any atom is -0.366 e. The molecule has 1 aliphatic carbocycles. The van der Waals surface area contributed by atoms with Crippen molar-refractivity contribution in [3.63, 3.8) is 0 Å². The van der Waals surface area contributed by atoms with Gasteiger partial charge in [-0.1, -0.05) is 12.0 Å². The highest BCUT2D eigenvalue weighted by Crippen LogP contribution is 2.31. The summed E-state index contributed by atoms with van der Waals surface area (Å²) in [6, 6.07) is 3.06. The van der Waals surface area contributed by atoms with Gasteiger partial charge in [0.25, 0.3) is 11.8 Å². The minimum atomic E-state index is -1.03. The van der Waals surface area contributed by atoms with Crippen molar-refractivity contribution in [3.8, 4) is 12.3 Å². The van der Waals surface area contributed by atoms with Crippen LogP contribution in [0.2, 0.25) is 0 Å². The van der Waals surface area contributed by atoms with Gasteiger partial charge in [0.15, 0.2) is 5.69 Å². The first-order valence-electron chi connectivity index (χ1n) is 9.10. The molecule has 2 amide bonds. The van der Waals surface area contributed by atoms with Crippen molar-refractivity contribution < 1.29 is 23.1 Å². The van der Waals surface area contributed by atoms with Crippen LogP contribution in [0.4, 0.5) is 14.5 Å². The van der Waals surface area contributed by atoms with Crippen LogP contribution in [0.5, 0.6) is 0 Å². The van der Waals surface area contributed by atoms with Gasteiger partial charge in [-0.3, -0.25) is 14.3 Å². The quantitative estimate of drug-likeness (QED) is 0.726. The molecule has 2 aromatic rings. The monoisotopic (exact) mass is 402 g/mol. The molecule has 9 heteroatoms. The molecule has 3 N–H and O–H groups in total. The lowest BCUT2D eigenvalue weighted by Crippen LogP contribution is -2.24. The van der Waals surface area contributed by atoms with Gasteiger partial charge in [0, 0.05) is 6.20 Å². The molecule has 3 rings (SSSR count). The largest absolute Gasteiger partial charge is 0.366 e. The Labute approximate surface area is 166 Å². The second kappa shape index (κ2) is 8.84. The number of hydrogen-bond acceptors (Lipinski definition) is 4. The summed E-state index contributed by atoms with van der Waals surface area (Å²) in [4.78, 5) is 24.1. The number of primary amides is 1. The fraction of sp³-hybridized carbons (Fsp3) is 0.350. The molecule has 1 fully saturated rings. The van der Waals surface area contributed by atoms with Gasteiger partial charge in [-0.25, -0.2) is 8.78 Å². The molecule has 0 saturated heterocycles. The van der Waals surface area contributed by atoms with E-state index < -0.39 is 29.0 Å². The number of benzene rings is 1. The van der Waals surface area contributed by atoms with E-state index in [1.165, 1.54) is 6.20 Å². The molecular formula is C20H20F2N4O3. The maximum absolute atomic E-state index is 13.8. The van der Waals surface area contributed by atoms with Crippen molar-refractivity contribution in [2.24, 2.45) is 5.73 Å². The van der Waals surface area contributed by atoms with E-state index in [2.05, 4.69) is 16.3 Å².